The molecule has 51 heavy (non-hydrogen) atoms. The summed E-state index contributed by atoms with van der Waals surface area (Å²) in [6.07, 6.45) is 11.9. The molecule has 1 N–H and O–H groups in total. The second-order valence-electron chi connectivity index (χ2n) is 13.1. The number of carbonyl (C=O) groups excluding carboxylic acids is 1. The minimum Gasteiger partial charge on any atom is -0.487 e. The zero-order valence-electron chi connectivity index (χ0n) is 28.2. The number of fused-ring (bicyclic) bond motifs is 1. The van der Waals surface area contributed by atoms with Gasteiger partial charge in [0.1, 0.15) is 28.8 Å². The van der Waals surface area contributed by atoms with Crippen molar-refractivity contribution in [3.05, 3.63) is 107 Å². The van der Waals surface area contributed by atoms with Crippen LogP contribution in [0.1, 0.15) is 42.5 Å². The van der Waals surface area contributed by atoms with Crippen LogP contribution in [0.3, 0.4) is 0 Å². The van der Waals surface area contributed by atoms with Crippen molar-refractivity contribution in [2.45, 2.75) is 56.7 Å². The van der Waals surface area contributed by atoms with Crippen LogP contribution < -0.4 is 10.1 Å². The van der Waals surface area contributed by atoms with E-state index in [4.69, 9.17) is 32.9 Å². The molecule has 0 aliphatic carbocycles. The van der Waals surface area contributed by atoms with E-state index in [0.29, 0.717) is 42.1 Å². The Kier molecular flexibility index (Phi) is 10.6. The first-order valence-corrected chi connectivity index (χ1v) is 19.3. The van der Waals surface area contributed by atoms with Crippen LogP contribution in [0.4, 0.5) is 0 Å². The Bertz CT molecular complexity index is 2130. The Morgan fingerprint density at radius 1 is 1.02 bits per heavy atom. The summed E-state index contributed by atoms with van der Waals surface area (Å²) in [5.41, 5.74) is 3.84. The molecule has 266 valence electrons. The van der Waals surface area contributed by atoms with E-state index in [9.17, 15) is 13.2 Å². The predicted octanol–water partition coefficient (Wildman–Crippen LogP) is 6.19. The maximum absolute atomic E-state index is 14.1. The highest BCUT2D eigenvalue weighted by molar-refractivity contribution is 7.89. The number of aryl methyl sites for hydroxylation is 1. The number of halogens is 2. The van der Waals surface area contributed by atoms with Gasteiger partial charge < -0.3 is 14.6 Å². The maximum atomic E-state index is 14.1. The molecule has 11 nitrogen and oxygen atoms in total. The van der Waals surface area contributed by atoms with Crippen LogP contribution in [0, 0.1) is 12.8 Å². The first kappa shape index (κ1) is 35.3. The highest BCUT2D eigenvalue weighted by Gasteiger charge is 2.41. The number of rotatable bonds is 11. The predicted molar refractivity (Wildman–Crippen MR) is 197 cm³/mol. The maximum Gasteiger partial charge on any atom is 0.245 e. The average Bonchev–Trinajstić information content (AvgIpc) is 3.85. The van der Waals surface area contributed by atoms with Gasteiger partial charge >= 0.3 is 0 Å². The molecule has 0 spiro atoms. The molecule has 5 aromatic rings. The number of sulfonamides is 1. The fraction of sp³-hybridized carbons (Fsp3) is 0.351. The number of benzene rings is 2. The van der Waals surface area contributed by atoms with Gasteiger partial charge in [-0.05, 0) is 87.5 Å². The third-order valence-corrected chi connectivity index (χ3v) is 12.6. The SMILES string of the molecule is Cc1cc(-n2ccnc2)c2cccc(OCc3c(Cl)ccc(S(=O)(=O)N4CCCC4C(=O)NCC4CCN(Cc5cccnc5)CC4)c3Cl)c2n1. The number of aromatic nitrogens is 4. The minimum absolute atomic E-state index is 0.0323. The molecule has 1 unspecified atom stereocenters. The Balaban J connectivity index is 1.02. The Hall–Kier alpha value is -4.07. The van der Waals surface area contributed by atoms with Gasteiger partial charge in [-0.15, -0.1) is 0 Å². The molecule has 0 radical (unpaired) electrons. The van der Waals surface area contributed by atoms with Crippen molar-refractivity contribution in [2.75, 3.05) is 26.2 Å². The number of para-hydroxylation sites is 1. The summed E-state index contributed by atoms with van der Waals surface area (Å²) < 4.78 is 37.6. The monoisotopic (exact) mass is 747 g/mol. The topological polar surface area (TPSA) is 123 Å². The molecule has 5 heterocycles. The minimum atomic E-state index is -4.14. The van der Waals surface area contributed by atoms with Gasteiger partial charge in [0.2, 0.25) is 15.9 Å². The highest BCUT2D eigenvalue weighted by Crippen LogP contribution is 2.37. The van der Waals surface area contributed by atoms with Gasteiger partial charge in [-0.3, -0.25) is 14.7 Å². The van der Waals surface area contributed by atoms with E-state index in [1.165, 1.54) is 22.0 Å². The fourth-order valence-electron chi connectivity index (χ4n) is 7.00. The lowest BCUT2D eigenvalue weighted by atomic mass is 9.96. The van der Waals surface area contributed by atoms with Gasteiger partial charge in [0.05, 0.1) is 17.0 Å². The van der Waals surface area contributed by atoms with E-state index in [0.717, 1.165) is 49.2 Å². The lowest BCUT2D eigenvalue weighted by Gasteiger charge is -2.32. The number of pyridine rings is 2. The highest BCUT2D eigenvalue weighted by atomic mass is 35.5. The van der Waals surface area contributed by atoms with Gasteiger partial charge in [0.15, 0.2) is 0 Å². The molecule has 1 atom stereocenters. The standard InChI is InChI=1S/C37H39Cl2N7O4S/c1-25-19-32(45-18-14-41-24-45)28-6-2-8-33(36(28)43-25)50-23-29-30(38)9-10-34(35(29)39)51(48,49)46-15-4-7-31(46)37(47)42-21-26-11-16-44(17-12-26)22-27-5-3-13-40-20-27/h2-3,5-6,8-10,13-14,18-20,24,26,31H,4,7,11-12,15-17,21-23H2,1H3,(H,42,47). The number of hydrogen-bond donors (Lipinski definition) is 1. The Morgan fingerprint density at radius 2 is 1.86 bits per heavy atom. The van der Waals surface area contributed by atoms with E-state index in [1.807, 2.05) is 48.1 Å². The number of amides is 1. The summed E-state index contributed by atoms with van der Waals surface area (Å²) in [6, 6.07) is 13.7. The van der Waals surface area contributed by atoms with Gasteiger partial charge in [0.25, 0.3) is 0 Å². The summed E-state index contributed by atoms with van der Waals surface area (Å²) >= 11 is 13.4. The number of carbonyl (C=O) groups is 1. The third kappa shape index (κ3) is 7.61. The van der Waals surface area contributed by atoms with E-state index in [-0.39, 0.29) is 34.0 Å². The number of hydrogen-bond acceptors (Lipinski definition) is 8. The molecule has 3 aromatic heterocycles. The molecule has 2 saturated heterocycles. The molecule has 0 bridgehead atoms. The molecule has 1 amide bonds. The normalized spacial score (nSPS) is 17.6. The Morgan fingerprint density at radius 3 is 2.63 bits per heavy atom. The van der Waals surface area contributed by atoms with Crippen LogP contribution in [0.15, 0.2) is 84.5 Å². The zero-order valence-corrected chi connectivity index (χ0v) is 30.5. The number of nitrogens with zero attached hydrogens (tertiary/aromatic N) is 6. The largest absolute Gasteiger partial charge is 0.487 e. The molecule has 7 rings (SSSR count). The number of ether oxygens (including phenoxy) is 1. The summed E-state index contributed by atoms with van der Waals surface area (Å²) in [7, 11) is -4.14. The summed E-state index contributed by atoms with van der Waals surface area (Å²) in [5, 5.41) is 4.15. The van der Waals surface area contributed by atoms with E-state index in [2.05, 4.69) is 26.3 Å². The van der Waals surface area contributed by atoms with Gasteiger partial charge in [-0.2, -0.15) is 4.31 Å². The van der Waals surface area contributed by atoms with Crippen molar-refractivity contribution < 1.29 is 17.9 Å². The van der Waals surface area contributed by atoms with Crippen LogP contribution in [0.25, 0.3) is 16.6 Å². The van der Waals surface area contributed by atoms with Crippen LogP contribution in [0.2, 0.25) is 10.0 Å². The molecule has 2 aromatic carbocycles. The van der Waals surface area contributed by atoms with Crippen molar-refractivity contribution in [1.82, 2.24) is 34.0 Å². The fourth-order valence-corrected chi connectivity index (χ4v) is 9.52. The molecule has 2 fully saturated rings. The van der Waals surface area contributed by atoms with E-state index in [1.54, 1.807) is 24.8 Å². The van der Waals surface area contributed by atoms with Crippen molar-refractivity contribution in [3.63, 3.8) is 0 Å². The van der Waals surface area contributed by atoms with E-state index >= 15 is 0 Å². The van der Waals surface area contributed by atoms with Crippen LogP contribution in [-0.4, -0.2) is 75.3 Å². The zero-order chi connectivity index (χ0) is 35.5. The molecular formula is C37H39Cl2N7O4S. The van der Waals surface area contributed by atoms with Crippen molar-refractivity contribution in [3.8, 4) is 11.4 Å². The first-order valence-electron chi connectivity index (χ1n) is 17.1. The summed E-state index contributed by atoms with van der Waals surface area (Å²) in [5.74, 6) is 0.543. The summed E-state index contributed by atoms with van der Waals surface area (Å²) in [6.45, 7) is 5.27. The van der Waals surface area contributed by atoms with Crippen LogP contribution >= 0.6 is 23.2 Å². The quantitative estimate of drug-likeness (QED) is 0.170. The number of piperidine rings is 1. The van der Waals surface area contributed by atoms with Gasteiger partial charge in [0, 0.05) is 66.1 Å². The second kappa shape index (κ2) is 15.3. The van der Waals surface area contributed by atoms with Gasteiger partial charge in [-0.1, -0.05) is 41.4 Å². The lowest BCUT2D eigenvalue weighted by Crippen LogP contribution is -2.47. The number of likely N-dealkylation sites (tertiary alicyclic amines) is 1. The molecular weight excluding hydrogens is 709 g/mol. The smallest absolute Gasteiger partial charge is 0.245 e. The van der Waals surface area contributed by atoms with Crippen molar-refractivity contribution in [1.29, 1.82) is 0 Å². The molecule has 2 aliphatic rings. The third-order valence-electron chi connectivity index (χ3n) is 9.71. The molecule has 0 saturated carbocycles. The first-order chi connectivity index (χ1) is 24.7. The van der Waals surface area contributed by atoms with Crippen LogP contribution in [-0.2, 0) is 28.0 Å². The Labute approximate surface area is 307 Å². The van der Waals surface area contributed by atoms with Crippen molar-refractivity contribution >= 4 is 50.0 Å². The second-order valence-corrected chi connectivity index (χ2v) is 15.8. The number of imidazole rings is 1. The average molecular weight is 749 g/mol. The molecule has 2 aliphatic heterocycles. The van der Waals surface area contributed by atoms with E-state index < -0.39 is 16.1 Å². The molecule has 14 heteroatoms. The number of nitrogens with one attached hydrogen (secondary N) is 1. The van der Waals surface area contributed by atoms with Gasteiger partial charge in [-0.25, -0.2) is 18.4 Å². The van der Waals surface area contributed by atoms with Crippen molar-refractivity contribution in [2.24, 2.45) is 5.92 Å². The van der Waals surface area contributed by atoms with Crippen LogP contribution in [0.5, 0.6) is 5.75 Å². The lowest BCUT2D eigenvalue weighted by molar-refractivity contribution is -0.124. The summed E-state index contributed by atoms with van der Waals surface area (Å²) in [4.78, 5) is 28.9.